The van der Waals surface area contributed by atoms with Crippen LogP contribution in [0.5, 0.6) is 0 Å². The zero-order valence-corrected chi connectivity index (χ0v) is 16.8. The highest BCUT2D eigenvalue weighted by Gasteiger charge is 2.14. The van der Waals surface area contributed by atoms with Crippen LogP contribution in [0.1, 0.15) is 16.7 Å². The molecule has 0 fully saturated rings. The van der Waals surface area contributed by atoms with E-state index in [9.17, 15) is 14.0 Å². The van der Waals surface area contributed by atoms with Crippen molar-refractivity contribution in [1.82, 2.24) is 19.4 Å². The number of nitrogens with zero attached hydrogens (tertiary/aromatic N) is 4. The Morgan fingerprint density at radius 2 is 1.87 bits per heavy atom. The topological polar surface area (TPSA) is 81.3 Å². The lowest BCUT2D eigenvalue weighted by molar-refractivity contribution is -0.117. The second-order valence-electron chi connectivity index (χ2n) is 7.28. The van der Waals surface area contributed by atoms with Gasteiger partial charge in [0.05, 0.1) is 5.69 Å². The van der Waals surface area contributed by atoms with Gasteiger partial charge in [-0.25, -0.2) is 13.6 Å². The van der Waals surface area contributed by atoms with Crippen molar-refractivity contribution in [2.75, 3.05) is 5.32 Å². The minimum absolute atomic E-state index is 0.297. The van der Waals surface area contributed by atoms with Gasteiger partial charge in [0.25, 0.3) is 5.56 Å². The van der Waals surface area contributed by atoms with Crippen molar-refractivity contribution in [3.05, 3.63) is 81.7 Å². The highest BCUT2D eigenvalue weighted by Crippen LogP contribution is 2.23. The molecule has 30 heavy (non-hydrogen) atoms. The molecule has 1 amide bonds. The summed E-state index contributed by atoms with van der Waals surface area (Å²) in [7, 11) is 0. The number of fused-ring (bicyclic) bond motifs is 1. The summed E-state index contributed by atoms with van der Waals surface area (Å²) in [5, 5.41) is 11.0. The number of hydrogen-bond donors (Lipinski definition) is 1. The number of aromatic nitrogens is 4. The minimum Gasteiger partial charge on any atom is -0.324 e. The smallest absolute Gasteiger partial charge is 0.293 e. The van der Waals surface area contributed by atoms with E-state index in [2.05, 4.69) is 15.5 Å². The van der Waals surface area contributed by atoms with E-state index in [0.717, 1.165) is 21.4 Å². The standard InChI is InChI=1S/C22H20FN5O2/c1-13-4-7-17(15(3)8-13)19-10-20-22(30)27(24-12-28(20)26-19)11-21(29)25-16-6-5-14(2)18(23)9-16/h4-10,12H,11H2,1-3H3,(H,25,29). The Balaban J connectivity index is 1.61. The van der Waals surface area contributed by atoms with Gasteiger partial charge in [-0.2, -0.15) is 10.2 Å². The molecule has 0 saturated heterocycles. The van der Waals surface area contributed by atoms with Crippen LogP contribution < -0.4 is 10.9 Å². The summed E-state index contributed by atoms with van der Waals surface area (Å²) in [4.78, 5) is 25.1. The number of rotatable bonds is 4. The molecule has 0 atom stereocenters. The van der Waals surface area contributed by atoms with E-state index in [-0.39, 0.29) is 6.54 Å². The Morgan fingerprint density at radius 1 is 1.07 bits per heavy atom. The van der Waals surface area contributed by atoms with E-state index >= 15 is 0 Å². The van der Waals surface area contributed by atoms with Crippen LogP contribution in [0.4, 0.5) is 10.1 Å². The van der Waals surface area contributed by atoms with Gasteiger partial charge in [0, 0.05) is 11.3 Å². The lowest BCUT2D eigenvalue weighted by Gasteiger charge is -2.07. The van der Waals surface area contributed by atoms with Crippen LogP contribution in [-0.2, 0) is 11.3 Å². The monoisotopic (exact) mass is 405 g/mol. The maximum Gasteiger partial charge on any atom is 0.293 e. The number of nitrogens with one attached hydrogen (secondary N) is 1. The van der Waals surface area contributed by atoms with Crippen LogP contribution in [0.15, 0.2) is 53.6 Å². The molecule has 0 saturated carbocycles. The van der Waals surface area contributed by atoms with E-state index in [1.807, 2.05) is 32.0 Å². The molecule has 4 aromatic rings. The van der Waals surface area contributed by atoms with Crippen LogP contribution in [0.25, 0.3) is 16.8 Å². The van der Waals surface area contributed by atoms with Gasteiger partial charge in [0.15, 0.2) is 0 Å². The van der Waals surface area contributed by atoms with Crippen molar-refractivity contribution in [3.63, 3.8) is 0 Å². The van der Waals surface area contributed by atoms with Crippen molar-refractivity contribution in [1.29, 1.82) is 0 Å². The van der Waals surface area contributed by atoms with Gasteiger partial charge in [-0.3, -0.25) is 9.59 Å². The highest BCUT2D eigenvalue weighted by molar-refractivity contribution is 5.90. The predicted molar refractivity (Wildman–Crippen MR) is 112 cm³/mol. The third-order valence-corrected chi connectivity index (χ3v) is 4.90. The van der Waals surface area contributed by atoms with Crippen molar-refractivity contribution in [2.24, 2.45) is 0 Å². The summed E-state index contributed by atoms with van der Waals surface area (Å²) in [5.74, 6) is -0.894. The van der Waals surface area contributed by atoms with Crippen molar-refractivity contribution < 1.29 is 9.18 Å². The molecule has 0 bridgehead atoms. The van der Waals surface area contributed by atoms with Crippen LogP contribution in [0.3, 0.4) is 0 Å². The predicted octanol–water partition coefficient (Wildman–Crippen LogP) is 3.26. The largest absolute Gasteiger partial charge is 0.324 e. The summed E-state index contributed by atoms with van der Waals surface area (Å²) in [5.41, 5.74) is 4.45. The molecule has 7 nitrogen and oxygen atoms in total. The summed E-state index contributed by atoms with van der Waals surface area (Å²) in [6.45, 7) is 5.34. The summed E-state index contributed by atoms with van der Waals surface area (Å²) in [6.07, 6.45) is 1.39. The number of carbonyl (C=O) groups excluding carboxylic acids is 1. The van der Waals surface area contributed by atoms with Crippen molar-refractivity contribution >= 4 is 17.1 Å². The lowest BCUT2D eigenvalue weighted by Crippen LogP contribution is -2.30. The molecule has 0 aliphatic heterocycles. The third kappa shape index (κ3) is 3.71. The molecule has 1 N–H and O–H groups in total. The fourth-order valence-electron chi connectivity index (χ4n) is 3.29. The first-order chi connectivity index (χ1) is 14.3. The summed E-state index contributed by atoms with van der Waals surface area (Å²) >= 11 is 0. The van der Waals surface area contributed by atoms with Crippen LogP contribution >= 0.6 is 0 Å². The first kappa shape index (κ1) is 19.5. The van der Waals surface area contributed by atoms with E-state index < -0.39 is 17.3 Å². The van der Waals surface area contributed by atoms with Gasteiger partial charge in [0.2, 0.25) is 5.91 Å². The molecule has 0 radical (unpaired) electrons. The molecule has 2 aromatic heterocycles. The lowest BCUT2D eigenvalue weighted by atomic mass is 10.0. The Bertz CT molecular complexity index is 1340. The Kier molecular flexibility index (Phi) is 4.91. The quantitative estimate of drug-likeness (QED) is 0.565. The molecular formula is C22H20FN5O2. The first-order valence-corrected chi connectivity index (χ1v) is 9.41. The molecule has 2 heterocycles. The van der Waals surface area contributed by atoms with Gasteiger partial charge in [-0.05, 0) is 50.1 Å². The Hall–Kier alpha value is -3.81. The van der Waals surface area contributed by atoms with E-state index in [0.29, 0.717) is 22.5 Å². The van der Waals surface area contributed by atoms with E-state index in [1.54, 1.807) is 25.1 Å². The molecule has 0 spiro atoms. The Labute approximate surface area is 171 Å². The molecule has 0 aliphatic carbocycles. The molecule has 152 valence electrons. The molecule has 4 rings (SSSR count). The fourth-order valence-corrected chi connectivity index (χ4v) is 3.29. The average Bonchev–Trinajstić information content (AvgIpc) is 3.12. The van der Waals surface area contributed by atoms with Crippen LogP contribution in [-0.4, -0.2) is 25.3 Å². The van der Waals surface area contributed by atoms with Crippen molar-refractivity contribution in [2.45, 2.75) is 27.3 Å². The van der Waals surface area contributed by atoms with Crippen molar-refractivity contribution in [3.8, 4) is 11.3 Å². The van der Waals surface area contributed by atoms with E-state index in [1.165, 1.54) is 16.9 Å². The van der Waals surface area contributed by atoms with Gasteiger partial charge >= 0.3 is 0 Å². The van der Waals surface area contributed by atoms with Crippen LogP contribution in [0, 0.1) is 26.6 Å². The number of halogens is 1. The van der Waals surface area contributed by atoms with Gasteiger partial charge < -0.3 is 5.32 Å². The number of amides is 1. The SMILES string of the molecule is Cc1ccc(-c2cc3c(=O)n(CC(=O)Nc4ccc(C)c(F)c4)ncn3n2)c(C)c1. The molecule has 0 aliphatic rings. The normalized spacial score (nSPS) is 11.1. The Morgan fingerprint density at radius 3 is 2.60 bits per heavy atom. The van der Waals surface area contributed by atoms with Gasteiger partial charge in [-0.1, -0.05) is 29.8 Å². The number of carbonyl (C=O) groups is 1. The first-order valence-electron chi connectivity index (χ1n) is 9.41. The summed E-state index contributed by atoms with van der Waals surface area (Å²) in [6, 6.07) is 12.1. The molecule has 0 unspecified atom stereocenters. The molecule has 8 heteroatoms. The second-order valence-corrected chi connectivity index (χ2v) is 7.28. The summed E-state index contributed by atoms with van der Waals surface area (Å²) < 4.78 is 16.1. The number of hydrogen-bond acceptors (Lipinski definition) is 4. The molecular weight excluding hydrogens is 385 g/mol. The van der Waals surface area contributed by atoms with E-state index in [4.69, 9.17) is 0 Å². The average molecular weight is 405 g/mol. The number of anilines is 1. The highest BCUT2D eigenvalue weighted by atomic mass is 19.1. The number of aryl methyl sites for hydroxylation is 3. The zero-order chi connectivity index (χ0) is 21.4. The maximum atomic E-state index is 13.7. The van der Waals surface area contributed by atoms with Gasteiger partial charge in [0.1, 0.15) is 24.2 Å². The fraction of sp³-hybridized carbons (Fsp3) is 0.182. The van der Waals surface area contributed by atoms with Crippen LogP contribution in [0.2, 0.25) is 0 Å². The zero-order valence-electron chi connectivity index (χ0n) is 16.8. The second kappa shape index (κ2) is 7.55. The molecule has 2 aromatic carbocycles. The third-order valence-electron chi connectivity index (χ3n) is 4.90. The number of benzene rings is 2. The minimum atomic E-state index is -0.480. The van der Waals surface area contributed by atoms with Gasteiger partial charge in [-0.15, -0.1) is 0 Å². The maximum absolute atomic E-state index is 13.7.